The molecule has 0 aliphatic carbocycles. The molecule has 1 aromatic carbocycles. The molecule has 1 saturated heterocycles. The number of nitrogens with one attached hydrogen (secondary N) is 1. The maximum Gasteiger partial charge on any atom is 0.122 e. The third-order valence-corrected chi connectivity index (χ3v) is 4.05. The van der Waals surface area contributed by atoms with E-state index >= 15 is 0 Å². The largest absolute Gasteiger partial charge is 0.497 e. The van der Waals surface area contributed by atoms with Gasteiger partial charge in [-0.25, -0.2) is 0 Å². The predicted molar refractivity (Wildman–Crippen MR) is 101 cm³/mol. The number of rotatable bonds is 6. The SMILES string of the molecule is COc1cc(OC)cc([C@@H](CC(C)C)N2CCNCC2)c1.Cl.Cl. The van der Waals surface area contributed by atoms with E-state index in [1.54, 1.807) is 14.2 Å². The molecular weight excluding hydrogens is 335 g/mol. The molecule has 0 saturated carbocycles. The normalized spacial score (nSPS) is 16.2. The van der Waals surface area contributed by atoms with Crippen LogP contribution in [0.5, 0.6) is 11.5 Å². The van der Waals surface area contributed by atoms with Gasteiger partial charge in [-0.05, 0) is 30.0 Å². The van der Waals surface area contributed by atoms with Crippen molar-refractivity contribution in [2.75, 3.05) is 40.4 Å². The van der Waals surface area contributed by atoms with Crippen LogP contribution in [0.2, 0.25) is 0 Å². The van der Waals surface area contributed by atoms with Crippen molar-refractivity contribution in [3.63, 3.8) is 0 Å². The summed E-state index contributed by atoms with van der Waals surface area (Å²) in [6.07, 6.45) is 1.15. The van der Waals surface area contributed by atoms with E-state index in [0.717, 1.165) is 44.1 Å². The summed E-state index contributed by atoms with van der Waals surface area (Å²) < 4.78 is 10.9. The van der Waals surface area contributed by atoms with Gasteiger partial charge in [-0.15, -0.1) is 24.8 Å². The van der Waals surface area contributed by atoms with Crippen LogP contribution in [0.3, 0.4) is 0 Å². The van der Waals surface area contributed by atoms with Crippen molar-refractivity contribution < 1.29 is 9.47 Å². The number of methoxy groups -OCH3 is 2. The second kappa shape index (κ2) is 11.0. The molecule has 2 rings (SSSR count). The fraction of sp³-hybridized carbons (Fsp3) is 0.647. The smallest absolute Gasteiger partial charge is 0.122 e. The summed E-state index contributed by atoms with van der Waals surface area (Å²) in [5.41, 5.74) is 1.29. The van der Waals surface area contributed by atoms with Gasteiger partial charge in [0.15, 0.2) is 0 Å². The zero-order valence-electron chi connectivity index (χ0n) is 14.5. The van der Waals surface area contributed by atoms with E-state index in [1.165, 1.54) is 5.56 Å². The molecule has 0 radical (unpaired) electrons. The first-order valence-electron chi connectivity index (χ1n) is 7.81. The Morgan fingerprint density at radius 2 is 1.52 bits per heavy atom. The Morgan fingerprint density at radius 1 is 1.00 bits per heavy atom. The number of hydrogen-bond donors (Lipinski definition) is 1. The molecule has 1 atom stereocenters. The molecule has 0 bridgehead atoms. The summed E-state index contributed by atoms with van der Waals surface area (Å²) in [5, 5.41) is 3.43. The molecular formula is C17H30Cl2N2O2. The molecule has 0 aromatic heterocycles. The lowest BCUT2D eigenvalue weighted by Crippen LogP contribution is -2.45. The van der Waals surface area contributed by atoms with Crippen LogP contribution in [0, 0.1) is 5.92 Å². The number of halogens is 2. The lowest BCUT2D eigenvalue weighted by Gasteiger charge is -2.36. The molecule has 1 fully saturated rings. The fourth-order valence-electron chi connectivity index (χ4n) is 2.96. The predicted octanol–water partition coefficient (Wildman–Crippen LogP) is 3.54. The lowest BCUT2D eigenvalue weighted by atomic mass is 9.94. The quantitative estimate of drug-likeness (QED) is 0.836. The Labute approximate surface area is 152 Å². The number of ether oxygens (including phenoxy) is 2. The molecule has 1 heterocycles. The van der Waals surface area contributed by atoms with Crippen LogP contribution in [-0.2, 0) is 0 Å². The van der Waals surface area contributed by atoms with Crippen molar-refractivity contribution in [1.82, 2.24) is 10.2 Å². The van der Waals surface area contributed by atoms with E-state index < -0.39 is 0 Å². The Bertz CT molecular complexity index is 430. The number of benzene rings is 1. The first-order chi connectivity index (χ1) is 10.1. The van der Waals surface area contributed by atoms with Gasteiger partial charge < -0.3 is 14.8 Å². The Kier molecular flexibility index (Phi) is 10.7. The third-order valence-electron chi connectivity index (χ3n) is 4.05. The average Bonchev–Trinajstić information content (AvgIpc) is 2.52. The second-order valence-electron chi connectivity index (χ2n) is 6.08. The maximum atomic E-state index is 5.43. The van der Waals surface area contributed by atoms with Crippen LogP contribution in [0.15, 0.2) is 18.2 Å². The summed E-state index contributed by atoms with van der Waals surface area (Å²) in [7, 11) is 3.42. The van der Waals surface area contributed by atoms with Gasteiger partial charge in [0.05, 0.1) is 14.2 Å². The molecule has 0 spiro atoms. The van der Waals surface area contributed by atoms with Crippen LogP contribution in [0.1, 0.15) is 31.9 Å². The number of hydrogen-bond acceptors (Lipinski definition) is 4. The van der Waals surface area contributed by atoms with E-state index in [9.17, 15) is 0 Å². The first kappa shape index (κ1) is 22.3. The fourth-order valence-corrected chi connectivity index (χ4v) is 2.96. The van der Waals surface area contributed by atoms with Crippen molar-refractivity contribution in [1.29, 1.82) is 0 Å². The molecule has 1 aliphatic heterocycles. The molecule has 1 aliphatic rings. The third kappa shape index (κ3) is 6.38. The van der Waals surface area contributed by atoms with E-state index in [1.807, 2.05) is 6.07 Å². The van der Waals surface area contributed by atoms with E-state index in [4.69, 9.17) is 9.47 Å². The topological polar surface area (TPSA) is 33.7 Å². The molecule has 1 N–H and O–H groups in total. The van der Waals surface area contributed by atoms with Gasteiger partial charge in [0.25, 0.3) is 0 Å². The zero-order valence-corrected chi connectivity index (χ0v) is 16.1. The van der Waals surface area contributed by atoms with Crippen LogP contribution in [0.4, 0.5) is 0 Å². The van der Waals surface area contributed by atoms with Gasteiger partial charge in [0, 0.05) is 38.3 Å². The summed E-state index contributed by atoms with van der Waals surface area (Å²) in [6, 6.07) is 6.67. The van der Waals surface area contributed by atoms with Gasteiger partial charge in [0.1, 0.15) is 11.5 Å². The van der Waals surface area contributed by atoms with Gasteiger partial charge >= 0.3 is 0 Å². The minimum Gasteiger partial charge on any atom is -0.497 e. The van der Waals surface area contributed by atoms with Gasteiger partial charge in [-0.1, -0.05) is 13.8 Å². The van der Waals surface area contributed by atoms with E-state index in [2.05, 4.69) is 36.2 Å². The van der Waals surface area contributed by atoms with Gasteiger partial charge in [-0.3, -0.25) is 4.90 Å². The molecule has 4 nitrogen and oxygen atoms in total. The second-order valence-corrected chi connectivity index (χ2v) is 6.08. The van der Waals surface area contributed by atoms with Crippen LogP contribution in [0.25, 0.3) is 0 Å². The highest BCUT2D eigenvalue weighted by Gasteiger charge is 2.24. The lowest BCUT2D eigenvalue weighted by molar-refractivity contribution is 0.153. The standard InChI is InChI=1S/C17H28N2O2.2ClH/c1-13(2)9-17(19-7-5-18-6-8-19)14-10-15(20-3)12-16(11-14)21-4;;/h10-13,17-18H,5-9H2,1-4H3;2*1H/t17-;;/m1../s1. The molecule has 6 heteroatoms. The first-order valence-corrected chi connectivity index (χ1v) is 7.81. The Hall–Kier alpha value is -0.680. The van der Waals surface area contributed by atoms with E-state index in [-0.39, 0.29) is 24.8 Å². The number of piperazine rings is 1. The molecule has 134 valence electrons. The summed E-state index contributed by atoms with van der Waals surface area (Å²) in [4.78, 5) is 2.57. The highest BCUT2D eigenvalue weighted by molar-refractivity contribution is 5.85. The van der Waals surface area contributed by atoms with Crippen molar-refractivity contribution in [2.45, 2.75) is 26.3 Å². The van der Waals surface area contributed by atoms with Crippen molar-refractivity contribution in [2.24, 2.45) is 5.92 Å². The van der Waals surface area contributed by atoms with Crippen molar-refractivity contribution in [3.8, 4) is 11.5 Å². The molecule has 1 aromatic rings. The van der Waals surface area contributed by atoms with Crippen molar-refractivity contribution in [3.05, 3.63) is 23.8 Å². The molecule has 0 unspecified atom stereocenters. The minimum absolute atomic E-state index is 0. The van der Waals surface area contributed by atoms with Crippen LogP contribution >= 0.6 is 24.8 Å². The van der Waals surface area contributed by atoms with Gasteiger partial charge in [-0.2, -0.15) is 0 Å². The van der Waals surface area contributed by atoms with Crippen molar-refractivity contribution >= 4 is 24.8 Å². The number of nitrogens with zero attached hydrogens (tertiary/aromatic N) is 1. The van der Waals surface area contributed by atoms with Crippen LogP contribution < -0.4 is 14.8 Å². The van der Waals surface area contributed by atoms with Gasteiger partial charge in [0.2, 0.25) is 0 Å². The average molecular weight is 365 g/mol. The highest BCUT2D eigenvalue weighted by Crippen LogP contribution is 2.33. The van der Waals surface area contributed by atoms with Crippen LogP contribution in [-0.4, -0.2) is 45.3 Å². The molecule has 0 amide bonds. The Balaban J connectivity index is 0.00000242. The molecule has 23 heavy (non-hydrogen) atoms. The summed E-state index contributed by atoms with van der Waals surface area (Å²) in [5.74, 6) is 2.39. The summed E-state index contributed by atoms with van der Waals surface area (Å²) in [6.45, 7) is 8.89. The monoisotopic (exact) mass is 364 g/mol. The van der Waals surface area contributed by atoms with E-state index in [0.29, 0.717) is 12.0 Å². The zero-order chi connectivity index (χ0) is 15.2. The Morgan fingerprint density at radius 3 is 1.96 bits per heavy atom. The maximum absolute atomic E-state index is 5.43. The summed E-state index contributed by atoms with van der Waals surface area (Å²) >= 11 is 0. The minimum atomic E-state index is 0. The highest BCUT2D eigenvalue weighted by atomic mass is 35.5.